The molecule has 1 rings (SSSR count). The molecule has 4 heteroatoms. The first-order chi connectivity index (χ1) is 10.0. The number of anilines is 1. The molecule has 0 fully saturated rings. The molecule has 1 unspecified atom stereocenters. The Morgan fingerprint density at radius 2 is 2.05 bits per heavy atom. The summed E-state index contributed by atoms with van der Waals surface area (Å²) in [6.07, 6.45) is 0.525. The molecule has 0 saturated carbocycles. The van der Waals surface area contributed by atoms with Crippen molar-refractivity contribution in [2.45, 2.75) is 33.2 Å². The van der Waals surface area contributed by atoms with E-state index in [1.807, 2.05) is 19.2 Å². The molecule has 0 aliphatic carbocycles. The third-order valence-corrected chi connectivity index (χ3v) is 3.55. The van der Waals surface area contributed by atoms with E-state index in [9.17, 15) is 0 Å². The summed E-state index contributed by atoms with van der Waals surface area (Å²) >= 11 is 0. The number of hydrogen-bond donors (Lipinski definition) is 1. The van der Waals surface area contributed by atoms with E-state index >= 15 is 0 Å². The lowest BCUT2D eigenvalue weighted by Crippen LogP contribution is -2.30. The first kappa shape index (κ1) is 17.3. The predicted molar refractivity (Wildman–Crippen MR) is 87.7 cm³/mol. The van der Waals surface area contributed by atoms with Crippen LogP contribution in [-0.4, -0.2) is 27.2 Å². The van der Waals surface area contributed by atoms with Gasteiger partial charge in [0.2, 0.25) is 0 Å². The third kappa shape index (κ3) is 4.64. The van der Waals surface area contributed by atoms with Crippen molar-refractivity contribution in [1.29, 1.82) is 5.26 Å². The maximum atomic E-state index is 8.91. The minimum atomic E-state index is 0.188. The Kier molecular flexibility index (Phi) is 7.04. The van der Waals surface area contributed by atoms with E-state index in [2.05, 4.69) is 43.1 Å². The Morgan fingerprint density at radius 1 is 1.33 bits per heavy atom. The summed E-state index contributed by atoms with van der Waals surface area (Å²) in [4.78, 5) is 2.29. The smallest absolute Gasteiger partial charge is 0.125 e. The summed E-state index contributed by atoms with van der Waals surface area (Å²) in [6, 6.07) is 8.55. The molecule has 0 aliphatic heterocycles. The van der Waals surface area contributed by atoms with Gasteiger partial charge in [0.15, 0.2) is 0 Å². The van der Waals surface area contributed by atoms with Gasteiger partial charge in [0.25, 0.3) is 0 Å². The normalized spacial score (nSPS) is 12.0. The van der Waals surface area contributed by atoms with Gasteiger partial charge in [-0.2, -0.15) is 5.26 Å². The number of methoxy groups -OCH3 is 1. The van der Waals surface area contributed by atoms with Gasteiger partial charge < -0.3 is 15.0 Å². The first-order valence-electron chi connectivity index (χ1n) is 7.51. The highest BCUT2D eigenvalue weighted by molar-refractivity contribution is 5.61. The van der Waals surface area contributed by atoms with E-state index < -0.39 is 0 Å². The average Bonchev–Trinajstić information content (AvgIpc) is 2.49. The van der Waals surface area contributed by atoms with Crippen molar-refractivity contribution >= 4 is 5.69 Å². The second-order valence-corrected chi connectivity index (χ2v) is 5.65. The zero-order chi connectivity index (χ0) is 15.8. The van der Waals surface area contributed by atoms with E-state index in [0.717, 1.165) is 30.1 Å². The van der Waals surface area contributed by atoms with Crippen LogP contribution in [0.1, 0.15) is 38.8 Å². The molecule has 0 saturated heterocycles. The summed E-state index contributed by atoms with van der Waals surface area (Å²) in [7, 11) is 3.65. The fourth-order valence-electron chi connectivity index (χ4n) is 2.50. The molecule has 116 valence electrons. The van der Waals surface area contributed by atoms with Gasteiger partial charge >= 0.3 is 0 Å². The lowest BCUT2D eigenvalue weighted by Gasteiger charge is -2.30. The highest BCUT2D eigenvalue weighted by Gasteiger charge is 2.19. The van der Waals surface area contributed by atoms with Gasteiger partial charge in [-0.15, -0.1) is 0 Å². The van der Waals surface area contributed by atoms with Crippen molar-refractivity contribution in [1.82, 2.24) is 5.32 Å². The lowest BCUT2D eigenvalue weighted by atomic mass is 10.0. The van der Waals surface area contributed by atoms with Crippen LogP contribution in [0.5, 0.6) is 5.75 Å². The van der Waals surface area contributed by atoms with Crippen LogP contribution in [0.15, 0.2) is 18.2 Å². The van der Waals surface area contributed by atoms with E-state index in [1.54, 1.807) is 7.11 Å². The van der Waals surface area contributed by atoms with Crippen LogP contribution in [-0.2, 0) is 0 Å². The molecule has 21 heavy (non-hydrogen) atoms. The number of ether oxygens (including phenoxy) is 1. The zero-order valence-corrected chi connectivity index (χ0v) is 13.8. The topological polar surface area (TPSA) is 48.3 Å². The molecule has 0 radical (unpaired) electrons. The first-order valence-corrected chi connectivity index (χ1v) is 7.51. The summed E-state index contributed by atoms with van der Waals surface area (Å²) in [6.45, 7) is 8.18. The van der Waals surface area contributed by atoms with Gasteiger partial charge in [-0.25, -0.2) is 0 Å². The fraction of sp³-hybridized carbons (Fsp3) is 0.588. The maximum absolute atomic E-state index is 8.91. The Hall–Kier alpha value is -1.73. The van der Waals surface area contributed by atoms with E-state index in [-0.39, 0.29) is 6.04 Å². The Labute approximate surface area is 128 Å². The molecule has 1 atom stereocenters. The molecule has 1 aromatic rings. The van der Waals surface area contributed by atoms with Crippen LogP contribution < -0.4 is 15.0 Å². The molecular formula is C17H27N3O. The summed E-state index contributed by atoms with van der Waals surface area (Å²) < 4.78 is 5.54. The van der Waals surface area contributed by atoms with Crippen LogP contribution >= 0.6 is 0 Å². The highest BCUT2D eigenvalue weighted by atomic mass is 16.5. The second kappa shape index (κ2) is 8.53. The van der Waals surface area contributed by atoms with Gasteiger partial charge in [-0.3, -0.25) is 0 Å². The molecular weight excluding hydrogens is 262 g/mol. The largest absolute Gasteiger partial charge is 0.496 e. The molecule has 0 aliphatic rings. The molecule has 0 heterocycles. The van der Waals surface area contributed by atoms with Crippen molar-refractivity contribution < 1.29 is 4.74 Å². The quantitative estimate of drug-likeness (QED) is 0.797. The van der Waals surface area contributed by atoms with Crippen molar-refractivity contribution in [3.8, 4) is 11.8 Å². The van der Waals surface area contributed by atoms with Crippen LogP contribution in [0.3, 0.4) is 0 Å². The van der Waals surface area contributed by atoms with E-state index in [1.165, 1.54) is 0 Å². The summed E-state index contributed by atoms with van der Waals surface area (Å²) in [5.74, 6) is 1.42. The number of benzene rings is 1. The van der Waals surface area contributed by atoms with Crippen LogP contribution in [0.4, 0.5) is 5.69 Å². The average molecular weight is 289 g/mol. The molecule has 1 aromatic carbocycles. The third-order valence-electron chi connectivity index (χ3n) is 3.55. The van der Waals surface area contributed by atoms with Crippen molar-refractivity contribution in [3.63, 3.8) is 0 Å². The van der Waals surface area contributed by atoms with Crippen LogP contribution in [0.25, 0.3) is 0 Å². The number of nitriles is 1. The summed E-state index contributed by atoms with van der Waals surface area (Å²) in [5.41, 5.74) is 2.31. The summed E-state index contributed by atoms with van der Waals surface area (Å²) in [5, 5.41) is 12.2. The predicted octanol–water partition coefficient (Wildman–Crippen LogP) is 3.35. The van der Waals surface area contributed by atoms with Gasteiger partial charge in [-0.1, -0.05) is 19.9 Å². The lowest BCUT2D eigenvalue weighted by molar-refractivity contribution is 0.403. The Bertz CT molecular complexity index is 479. The SMILES string of the molecule is CNC(C)c1c(OC)cccc1N(CCC#N)CC(C)C. The van der Waals surface area contributed by atoms with Crippen molar-refractivity contribution in [3.05, 3.63) is 23.8 Å². The number of rotatable bonds is 8. The number of nitrogens with one attached hydrogen (secondary N) is 1. The second-order valence-electron chi connectivity index (χ2n) is 5.65. The van der Waals surface area contributed by atoms with Gasteiger partial charge in [-0.05, 0) is 32.0 Å². The van der Waals surface area contributed by atoms with Crippen LogP contribution in [0, 0.1) is 17.2 Å². The Balaban J connectivity index is 3.25. The standard InChI is InChI=1S/C17H27N3O/c1-13(2)12-20(11-7-10-18)15-8-6-9-16(21-5)17(15)14(3)19-4/h6,8-9,13-14,19H,7,11-12H2,1-5H3. The molecule has 1 N–H and O–H groups in total. The van der Waals surface area contributed by atoms with Gasteiger partial charge in [0.1, 0.15) is 5.75 Å². The van der Waals surface area contributed by atoms with Gasteiger partial charge in [0, 0.05) is 30.4 Å². The van der Waals surface area contributed by atoms with Crippen molar-refractivity contribution in [2.75, 3.05) is 32.1 Å². The number of hydrogen-bond acceptors (Lipinski definition) is 4. The van der Waals surface area contributed by atoms with Crippen LogP contribution in [0.2, 0.25) is 0 Å². The zero-order valence-electron chi connectivity index (χ0n) is 13.8. The molecule has 0 spiro atoms. The monoisotopic (exact) mass is 289 g/mol. The fourth-order valence-corrected chi connectivity index (χ4v) is 2.50. The van der Waals surface area contributed by atoms with E-state index in [4.69, 9.17) is 10.00 Å². The minimum Gasteiger partial charge on any atom is -0.496 e. The number of nitrogens with zero attached hydrogens (tertiary/aromatic N) is 2. The molecule has 4 nitrogen and oxygen atoms in total. The van der Waals surface area contributed by atoms with E-state index in [0.29, 0.717) is 12.3 Å². The Morgan fingerprint density at radius 3 is 2.57 bits per heavy atom. The minimum absolute atomic E-state index is 0.188. The van der Waals surface area contributed by atoms with Gasteiger partial charge in [0.05, 0.1) is 19.6 Å². The highest BCUT2D eigenvalue weighted by Crippen LogP contribution is 2.35. The molecule has 0 bridgehead atoms. The maximum Gasteiger partial charge on any atom is 0.125 e. The van der Waals surface area contributed by atoms with Crippen molar-refractivity contribution in [2.24, 2.45) is 5.92 Å². The molecule has 0 aromatic heterocycles. The molecule has 0 amide bonds.